The van der Waals surface area contributed by atoms with Crippen LogP contribution in [0.2, 0.25) is 0 Å². The molecule has 0 aliphatic carbocycles. The number of nitrogens with zero attached hydrogens (tertiary/aromatic N) is 1. The molecule has 0 saturated heterocycles. The van der Waals surface area contributed by atoms with E-state index in [1.165, 1.54) is 15.9 Å². The van der Waals surface area contributed by atoms with Gasteiger partial charge in [-0.15, -0.1) is 0 Å². The lowest BCUT2D eigenvalue weighted by Gasteiger charge is -2.27. The molecule has 4 rings (SSSR count). The van der Waals surface area contributed by atoms with Crippen LogP contribution in [0.25, 0.3) is 0 Å². The van der Waals surface area contributed by atoms with Gasteiger partial charge in [0, 0.05) is 5.92 Å². The Hall–Kier alpha value is -3.22. The van der Waals surface area contributed by atoms with Crippen LogP contribution >= 0.6 is 7.49 Å². The van der Waals surface area contributed by atoms with Gasteiger partial charge < -0.3 is 4.52 Å². The molecule has 0 amide bonds. The van der Waals surface area contributed by atoms with E-state index in [0.29, 0.717) is 0 Å². The number of aliphatic imine (C=N–C) groups is 1. The van der Waals surface area contributed by atoms with Gasteiger partial charge in [0.05, 0.1) is 5.69 Å². The lowest BCUT2D eigenvalue weighted by Crippen LogP contribution is -2.35. The highest BCUT2D eigenvalue weighted by Crippen LogP contribution is 2.57. The minimum absolute atomic E-state index is 0.135. The molecule has 4 aromatic rings. The van der Waals surface area contributed by atoms with E-state index in [4.69, 9.17) is 9.52 Å². The molecule has 0 fully saturated rings. The smallest absolute Gasteiger partial charge is 0.289 e. The van der Waals surface area contributed by atoms with Gasteiger partial charge in [-0.1, -0.05) is 86.6 Å². The molecule has 0 heterocycles. The summed E-state index contributed by atoms with van der Waals surface area (Å²) < 4.78 is 7.12. The van der Waals surface area contributed by atoms with E-state index in [1.54, 1.807) is 0 Å². The summed E-state index contributed by atoms with van der Waals surface area (Å²) in [6.45, 7) is 4.27. The topological polar surface area (TPSA) is 21.6 Å². The largest absolute Gasteiger partial charge is 0.319 e. The van der Waals surface area contributed by atoms with Gasteiger partial charge in [-0.25, -0.2) is 4.99 Å². The summed E-state index contributed by atoms with van der Waals surface area (Å²) in [5, 5.41) is 3.52. The maximum atomic E-state index is 7.12. The summed E-state index contributed by atoms with van der Waals surface area (Å²) in [5.41, 5.74) is 0.901. The minimum Gasteiger partial charge on any atom is -0.319 e. The first kappa shape index (κ1) is 21.0. The van der Waals surface area contributed by atoms with Crippen molar-refractivity contribution in [1.82, 2.24) is 0 Å². The molecule has 31 heavy (non-hydrogen) atoms. The molecule has 0 bridgehead atoms. The van der Waals surface area contributed by atoms with Crippen molar-refractivity contribution in [2.45, 2.75) is 13.8 Å². The third kappa shape index (κ3) is 4.60. The average Bonchev–Trinajstić information content (AvgIpc) is 2.84. The van der Waals surface area contributed by atoms with Crippen molar-refractivity contribution >= 4 is 35.0 Å². The Morgan fingerprint density at radius 1 is 0.581 bits per heavy atom. The molecule has 0 aliphatic heterocycles. The summed E-state index contributed by atoms with van der Waals surface area (Å²) in [6, 6.07) is 41.8. The molecule has 4 aromatic carbocycles. The highest BCUT2D eigenvalue weighted by Gasteiger charge is 2.50. The molecular weight excluding hydrogens is 397 g/mol. The Morgan fingerprint density at radius 2 is 0.935 bits per heavy atom. The number of rotatable bonds is 6. The standard InChI is InChI=1S/C28H27NOP/c1-23(2)28(29-24-15-7-3-8-16-24)30-31(25-17-9-4-10-18-25,26-19-11-5-12-20-26)27-21-13-6-14-22-27/h3-23H,1-2H3/q+1. The molecule has 0 N–H and O–H groups in total. The van der Waals surface area contributed by atoms with Gasteiger partial charge in [-0.05, 0) is 48.5 Å². The monoisotopic (exact) mass is 424 g/mol. The fraction of sp³-hybridized carbons (Fsp3) is 0.107. The van der Waals surface area contributed by atoms with Crippen molar-refractivity contribution in [3.63, 3.8) is 0 Å². The quantitative estimate of drug-likeness (QED) is 0.202. The van der Waals surface area contributed by atoms with Gasteiger partial charge >= 0.3 is 0 Å². The van der Waals surface area contributed by atoms with E-state index >= 15 is 0 Å². The molecule has 3 heteroatoms. The molecule has 0 saturated carbocycles. The Labute approximate surface area is 185 Å². The lowest BCUT2D eigenvalue weighted by molar-refractivity contribution is 0.559. The summed E-state index contributed by atoms with van der Waals surface area (Å²) in [4.78, 5) is 4.94. The molecule has 0 atom stereocenters. The lowest BCUT2D eigenvalue weighted by atomic mass is 10.2. The predicted molar refractivity (Wildman–Crippen MR) is 135 cm³/mol. The number of benzene rings is 4. The van der Waals surface area contributed by atoms with Crippen LogP contribution in [0.5, 0.6) is 0 Å². The van der Waals surface area contributed by atoms with E-state index in [2.05, 4.69) is 105 Å². The van der Waals surface area contributed by atoms with E-state index in [1.807, 2.05) is 30.3 Å². The van der Waals surface area contributed by atoms with Crippen LogP contribution in [-0.4, -0.2) is 5.90 Å². The molecule has 0 unspecified atom stereocenters. The minimum atomic E-state index is -2.43. The number of hydrogen-bond donors (Lipinski definition) is 0. The Kier molecular flexibility index (Phi) is 6.60. The van der Waals surface area contributed by atoms with Gasteiger partial charge in [0.25, 0.3) is 7.49 Å². The highest BCUT2D eigenvalue weighted by molar-refractivity contribution is 7.92. The highest BCUT2D eigenvalue weighted by atomic mass is 31.2. The van der Waals surface area contributed by atoms with E-state index in [-0.39, 0.29) is 5.92 Å². The van der Waals surface area contributed by atoms with Crippen LogP contribution in [0.1, 0.15) is 13.8 Å². The van der Waals surface area contributed by atoms with Crippen LogP contribution in [0.15, 0.2) is 126 Å². The number of hydrogen-bond acceptors (Lipinski definition) is 2. The maximum Gasteiger partial charge on any atom is 0.289 e. The van der Waals surface area contributed by atoms with Crippen molar-refractivity contribution in [3.05, 3.63) is 121 Å². The zero-order valence-corrected chi connectivity index (χ0v) is 18.8. The van der Waals surface area contributed by atoms with Gasteiger partial charge in [0.2, 0.25) is 5.90 Å². The van der Waals surface area contributed by atoms with Crippen molar-refractivity contribution in [3.8, 4) is 0 Å². The first-order valence-electron chi connectivity index (χ1n) is 10.6. The molecule has 2 nitrogen and oxygen atoms in total. The summed E-state index contributed by atoms with van der Waals surface area (Å²) >= 11 is 0. The van der Waals surface area contributed by atoms with E-state index in [9.17, 15) is 0 Å². The third-order valence-electron chi connectivity index (χ3n) is 5.08. The molecule has 0 spiro atoms. The third-order valence-corrected chi connectivity index (χ3v) is 8.62. The van der Waals surface area contributed by atoms with Crippen molar-refractivity contribution in [2.24, 2.45) is 10.9 Å². The zero-order chi connectivity index (χ0) is 21.5. The van der Waals surface area contributed by atoms with Gasteiger partial charge in [0.1, 0.15) is 15.9 Å². The first-order valence-corrected chi connectivity index (χ1v) is 12.3. The number of para-hydroxylation sites is 1. The SMILES string of the molecule is CC(C)C(=Nc1ccccc1)O[P+](c1ccccc1)(c1ccccc1)c1ccccc1. The van der Waals surface area contributed by atoms with E-state index in [0.717, 1.165) is 11.6 Å². The van der Waals surface area contributed by atoms with Crippen LogP contribution in [0, 0.1) is 5.92 Å². The Balaban J connectivity index is 1.96. The van der Waals surface area contributed by atoms with Crippen molar-refractivity contribution < 1.29 is 4.52 Å². The normalized spacial score (nSPS) is 12.0. The summed E-state index contributed by atoms with van der Waals surface area (Å²) in [5.74, 6) is 0.881. The van der Waals surface area contributed by atoms with Gasteiger partial charge in [-0.2, -0.15) is 0 Å². The average molecular weight is 425 g/mol. The fourth-order valence-corrected chi connectivity index (χ4v) is 7.06. The summed E-state index contributed by atoms with van der Waals surface area (Å²) in [6.07, 6.45) is 0. The molecule has 0 radical (unpaired) electrons. The second-order valence-corrected chi connectivity index (χ2v) is 10.6. The molecule has 154 valence electrons. The fourth-order valence-electron chi connectivity index (χ4n) is 3.54. The Morgan fingerprint density at radius 3 is 1.29 bits per heavy atom. The molecule has 0 aromatic heterocycles. The van der Waals surface area contributed by atoms with Crippen LogP contribution in [-0.2, 0) is 4.52 Å². The molecular formula is C28H27NOP+. The van der Waals surface area contributed by atoms with Crippen molar-refractivity contribution in [2.75, 3.05) is 0 Å². The predicted octanol–water partition coefficient (Wildman–Crippen LogP) is 6.30. The second kappa shape index (κ2) is 9.73. The van der Waals surface area contributed by atoms with Gasteiger partial charge in [0.15, 0.2) is 0 Å². The van der Waals surface area contributed by atoms with Crippen LogP contribution in [0.4, 0.5) is 5.69 Å². The summed E-state index contributed by atoms with van der Waals surface area (Å²) in [7, 11) is -2.43. The van der Waals surface area contributed by atoms with Gasteiger partial charge in [-0.3, -0.25) is 0 Å². The van der Waals surface area contributed by atoms with Crippen LogP contribution in [0.3, 0.4) is 0 Å². The maximum absolute atomic E-state index is 7.12. The zero-order valence-electron chi connectivity index (χ0n) is 17.9. The second-order valence-electron chi connectivity index (χ2n) is 7.65. The van der Waals surface area contributed by atoms with E-state index < -0.39 is 7.49 Å². The Bertz CT molecular complexity index is 1010. The van der Waals surface area contributed by atoms with Crippen molar-refractivity contribution in [1.29, 1.82) is 0 Å². The molecule has 0 aliphatic rings. The first-order chi connectivity index (χ1) is 15.2. The van der Waals surface area contributed by atoms with Crippen LogP contribution < -0.4 is 15.9 Å².